The summed E-state index contributed by atoms with van der Waals surface area (Å²) < 4.78 is 27.7. The van der Waals surface area contributed by atoms with Crippen molar-refractivity contribution in [1.29, 1.82) is 0 Å². The van der Waals surface area contributed by atoms with Crippen molar-refractivity contribution in [2.45, 2.75) is 23.8 Å². The lowest BCUT2D eigenvalue weighted by molar-refractivity contribution is -0.387. The first-order chi connectivity index (χ1) is 10.9. The van der Waals surface area contributed by atoms with Gasteiger partial charge in [-0.15, -0.1) is 0 Å². The van der Waals surface area contributed by atoms with E-state index in [0.29, 0.717) is 18.5 Å². The van der Waals surface area contributed by atoms with Gasteiger partial charge in [0.2, 0.25) is 10.0 Å². The van der Waals surface area contributed by atoms with E-state index in [1.165, 1.54) is 24.3 Å². The molecular formula is C15H15N3O4S. The van der Waals surface area contributed by atoms with E-state index in [1.54, 1.807) is 12.1 Å². The van der Waals surface area contributed by atoms with E-state index in [1.807, 2.05) is 6.07 Å². The van der Waals surface area contributed by atoms with Gasteiger partial charge < -0.3 is 5.73 Å². The second-order valence-corrected chi connectivity index (χ2v) is 7.08. The Hall–Kier alpha value is -2.45. The third-order valence-corrected chi connectivity index (χ3v) is 5.41. The Morgan fingerprint density at radius 1 is 1.22 bits per heavy atom. The SMILES string of the molecule is Nc1ccc2c(c1)CCC2NS(=O)(=O)c1ccccc1[N+](=O)[O-]. The quantitative estimate of drug-likeness (QED) is 0.505. The van der Waals surface area contributed by atoms with Gasteiger partial charge in [-0.3, -0.25) is 10.1 Å². The summed E-state index contributed by atoms with van der Waals surface area (Å²) in [7, 11) is -4.00. The number of sulfonamides is 1. The first-order valence-electron chi connectivity index (χ1n) is 7.02. The number of nitrogen functional groups attached to an aromatic ring is 1. The number of nitrogens with zero attached hydrogens (tertiary/aromatic N) is 1. The Bertz CT molecular complexity index is 880. The van der Waals surface area contributed by atoms with Crippen LogP contribution in [-0.4, -0.2) is 13.3 Å². The molecule has 120 valence electrons. The van der Waals surface area contributed by atoms with Crippen molar-refractivity contribution < 1.29 is 13.3 Å². The van der Waals surface area contributed by atoms with Gasteiger partial charge in [0.1, 0.15) is 0 Å². The highest BCUT2D eigenvalue weighted by Crippen LogP contribution is 2.34. The number of nitrogens with one attached hydrogen (secondary N) is 1. The second kappa shape index (κ2) is 5.64. The molecule has 1 unspecified atom stereocenters. The highest BCUT2D eigenvalue weighted by molar-refractivity contribution is 7.89. The second-order valence-electron chi connectivity index (χ2n) is 5.40. The van der Waals surface area contributed by atoms with E-state index < -0.39 is 26.7 Å². The monoisotopic (exact) mass is 333 g/mol. The minimum absolute atomic E-state index is 0.325. The summed E-state index contributed by atoms with van der Waals surface area (Å²) in [5, 5.41) is 11.0. The normalized spacial score (nSPS) is 17.0. The Labute approximate surface area is 133 Å². The molecule has 0 fully saturated rings. The van der Waals surface area contributed by atoms with Crippen molar-refractivity contribution in [2.75, 3.05) is 5.73 Å². The number of para-hydroxylation sites is 1. The van der Waals surface area contributed by atoms with Crippen LogP contribution in [0.3, 0.4) is 0 Å². The molecule has 1 aliphatic rings. The lowest BCUT2D eigenvalue weighted by atomic mass is 10.1. The fourth-order valence-corrected chi connectivity index (χ4v) is 4.27. The van der Waals surface area contributed by atoms with E-state index in [4.69, 9.17) is 5.73 Å². The van der Waals surface area contributed by atoms with E-state index >= 15 is 0 Å². The number of nitro benzene ring substituents is 1. The molecule has 0 aromatic heterocycles. The fraction of sp³-hybridized carbons (Fsp3) is 0.200. The molecule has 0 aliphatic heterocycles. The van der Waals surface area contributed by atoms with Gasteiger partial charge in [-0.1, -0.05) is 18.2 Å². The molecule has 2 aromatic rings. The molecule has 7 nitrogen and oxygen atoms in total. The van der Waals surface area contributed by atoms with Crippen LogP contribution in [0, 0.1) is 10.1 Å². The van der Waals surface area contributed by atoms with E-state index in [0.717, 1.165) is 11.1 Å². The fourth-order valence-electron chi connectivity index (χ4n) is 2.85. The lowest BCUT2D eigenvalue weighted by Gasteiger charge is -2.14. The molecule has 0 saturated heterocycles. The maximum Gasteiger partial charge on any atom is 0.289 e. The number of anilines is 1. The van der Waals surface area contributed by atoms with E-state index in [2.05, 4.69) is 4.72 Å². The van der Waals surface area contributed by atoms with Crippen LogP contribution in [0.1, 0.15) is 23.6 Å². The van der Waals surface area contributed by atoms with Crippen LogP contribution in [0.15, 0.2) is 47.4 Å². The minimum Gasteiger partial charge on any atom is -0.399 e. The highest BCUT2D eigenvalue weighted by Gasteiger charge is 2.31. The highest BCUT2D eigenvalue weighted by atomic mass is 32.2. The third kappa shape index (κ3) is 2.90. The van der Waals surface area contributed by atoms with Gasteiger partial charge in [-0.25, -0.2) is 13.1 Å². The molecule has 0 heterocycles. The van der Waals surface area contributed by atoms with Crippen molar-refractivity contribution in [3.8, 4) is 0 Å². The Morgan fingerprint density at radius 3 is 2.70 bits per heavy atom. The zero-order chi connectivity index (χ0) is 16.6. The van der Waals surface area contributed by atoms with Crippen molar-refractivity contribution in [3.05, 3.63) is 63.7 Å². The summed E-state index contributed by atoms with van der Waals surface area (Å²) >= 11 is 0. The van der Waals surface area contributed by atoms with Crippen molar-refractivity contribution in [2.24, 2.45) is 0 Å². The maximum atomic E-state index is 12.5. The first-order valence-corrected chi connectivity index (χ1v) is 8.51. The third-order valence-electron chi connectivity index (χ3n) is 3.89. The molecular weight excluding hydrogens is 318 g/mol. The van der Waals surface area contributed by atoms with Crippen LogP contribution in [0.2, 0.25) is 0 Å². The first kappa shape index (κ1) is 15.4. The topological polar surface area (TPSA) is 115 Å². The number of benzene rings is 2. The smallest absolute Gasteiger partial charge is 0.289 e. The summed E-state index contributed by atoms with van der Waals surface area (Å²) in [5.74, 6) is 0. The molecule has 2 aromatic carbocycles. The lowest BCUT2D eigenvalue weighted by Crippen LogP contribution is -2.28. The van der Waals surface area contributed by atoms with Gasteiger partial charge in [0.25, 0.3) is 5.69 Å². The molecule has 0 saturated carbocycles. The van der Waals surface area contributed by atoms with Gasteiger partial charge in [-0.2, -0.15) is 0 Å². The molecule has 0 radical (unpaired) electrons. The molecule has 3 N–H and O–H groups in total. The number of hydrogen-bond acceptors (Lipinski definition) is 5. The number of aryl methyl sites for hydroxylation is 1. The van der Waals surface area contributed by atoms with Gasteiger partial charge in [0.15, 0.2) is 4.90 Å². The van der Waals surface area contributed by atoms with Gasteiger partial charge in [-0.05, 0) is 42.2 Å². The van der Waals surface area contributed by atoms with Gasteiger partial charge in [0.05, 0.1) is 4.92 Å². The summed E-state index contributed by atoms with van der Waals surface area (Å²) in [6, 6.07) is 10.2. The van der Waals surface area contributed by atoms with Crippen molar-refractivity contribution in [1.82, 2.24) is 4.72 Å². The number of hydrogen-bond donors (Lipinski definition) is 2. The molecule has 1 atom stereocenters. The number of fused-ring (bicyclic) bond motifs is 1. The number of nitrogens with two attached hydrogens (primary N) is 1. The molecule has 23 heavy (non-hydrogen) atoms. The van der Waals surface area contributed by atoms with Crippen molar-refractivity contribution >= 4 is 21.4 Å². The van der Waals surface area contributed by atoms with Gasteiger partial charge in [0, 0.05) is 17.8 Å². The largest absolute Gasteiger partial charge is 0.399 e. The summed E-state index contributed by atoms with van der Waals surface area (Å²) in [5.41, 5.74) is 7.79. The average molecular weight is 333 g/mol. The Morgan fingerprint density at radius 2 is 1.96 bits per heavy atom. The van der Waals surface area contributed by atoms with E-state index in [9.17, 15) is 18.5 Å². The molecule has 0 spiro atoms. The molecule has 1 aliphatic carbocycles. The molecule has 8 heteroatoms. The molecule has 3 rings (SSSR count). The summed E-state index contributed by atoms with van der Waals surface area (Å²) in [6.07, 6.45) is 1.31. The zero-order valence-corrected chi connectivity index (χ0v) is 12.9. The molecule has 0 bridgehead atoms. The van der Waals surface area contributed by atoms with Crippen LogP contribution in [0.5, 0.6) is 0 Å². The van der Waals surface area contributed by atoms with Crippen LogP contribution < -0.4 is 10.5 Å². The summed E-state index contributed by atoms with van der Waals surface area (Å²) in [4.78, 5) is 10.0. The van der Waals surface area contributed by atoms with Crippen LogP contribution >= 0.6 is 0 Å². The van der Waals surface area contributed by atoms with Crippen molar-refractivity contribution in [3.63, 3.8) is 0 Å². The average Bonchev–Trinajstić information content (AvgIpc) is 2.88. The zero-order valence-electron chi connectivity index (χ0n) is 12.1. The maximum absolute atomic E-state index is 12.5. The van der Waals surface area contributed by atoms with Crippen LogP contribution in [0.4, 0.5) is 11.4 Å². The minimum atomic E-state index is -4.00. The number of rotatable bonds is 4. The predicted molar refractivity (Wildman–Crippen MR) is 85.3 cm³/mol. The van der Waals surface area contributed by atoms with Gasteiger partial charge >= 0.3 is 0 Å². The standard InChI is InChI=1S/C15H15N3O4S/c16-11-6-7-12-10(9-11)5-8-13(12)17-23(21,22)15-4-2-1-3-14(15)18(19)20/h1-4,6-7,9,13,17H,5,8,16H2. The Balaban J connectivity index is 1.94. The Kier molecular flexibility index (Phi) is 3.78. The van der Waals surface area contributed by atoms with Crippen LogP contribution in [-0.2, 0) is 16.4 Å². The number of nitro groups is 1. The molecule has 0 amide bonds. The van der Waals surface area contributed by atoms with Crippen LogP contribution in [0.25, 0.3) is 0 Å². The van der Waals surface area contributed by atoms with E-state index in [-0.39, 0.29) is 4.90 Å². The summed E-state index contributed by atoms with van der Waals surface area (Å²) in [6.45, 7) is 0. The predicted octanol–water partition coefficient (Wildman–Crippen LogP) is 2.14.